The third kappa shape index (κ3) is 6.97. The molecule has 7 heteroatoms. The summed E-state index contributed by atoms with van der Waals surface area (Å²) in [6, 6.07) is 0. The van der Waals surface area contributed by atoms with Crippen molar-refractivity contribution in [2.24, 2.45) is 5.73 Å². The van der Waals surface area contributed by atoms with Crippen LogP contribution < -0.4 is 5.73 Å². The number of ether oxygens (including phenoxy) is 1. The Balaban J connectivity index is 0.000000360. The normalized spacial score (nSPS) is 14.3. The molecule has 18 heavy (non-hydrogen) atoms. The van der Waals surface area contributed by atoms with Gasteiger partial charge in [-0.3, -0.25) is 9.59 Å². The van der Waals surface area contributed by atoms with E-state index < -0.39 is 17.8 Å². The topological polar surface area (TPSA) is 98.9 Å². The van der Waals surface area contributed by atoms with E-state index in [0.717, 1.165) is 20.0 Å². The average molecular weight is 260 g/mol. The maximum atomic E-state index is 10.7. The molecular formula is C11H20N2O5. The van der Waals surface area contributed by atoms with Gasteiger partial charge in [0.2, 0.25) is 0 Å². The molecule has 0 aliphatic carbocycles. The van der Waals surface area contributed by atoms with Gasteiger partial charge in [0, 0.05) is 32.9 Å². The zero-order chi connectivity index (χ0) is 14.0. The fourth-order valence-electron chi connectivity index (χ4n) is 1.12. The van der Waals surface area contributed by atoms with Crippen molar-refractivity contribution >= 4 is 17.8 Å². The summed E-state index contributed by atoms with van der Waals surface area (Å²) in [5.74, 6) is -1.57. The van der Waals surface area contributed by atoms with Crippen molar-refractivity contribution in [1.82, 2.24) is 5.06 Å². The Bertz CT molecular complexity index is 273. The highest BCUT2D eigenvalue weighted by atomic mass is 16.7. The molecule has 0 saturated carbocycles. The van der Waals surface area contributed by atoms with E-state index in [-0.39, 0.29) is 12.8 Å². The lowest BCUT2D eigenvalue weighted by molar-refractivity contribution is -0.195. The summed E-state index contributed by atoms with van der Waals surface area (Å²) in [7, 11) is 0. The SMILES string of the molecule is CC(=O)ON1C(=O)CCC1=O.CCCOCCN. The number of nitrogens with zero attached hydrogens (tertiary/aromatic N) is 1. The van der Waals surface area contributed by atoms with Crippen molar-refractivity contribution in [2.45, 2.75) is 33.1 Å². The van der Waals surface area contributed by atoms with Crippen LogP contribution in [0.25, 0.3) is 0 Å². The van der Waals surface area contributed by atoms with E-state index in [1.807, 2.05) is 0 Å². The highest BCUT2D eigenvalue weighted by molar-refractivity contribution is 6.01. The number of hydrogen-bond acceptors (Lipinski definition) is 6. The van der Waals surface area contributed by atoms with E-state index in [1.165, 1.54) is 0 Å². The van der Waals surface area contributed by atoms with Crippen LogP contribution in [0.2, 0.25) is 0 Å². The first-order valence-corrected chi connectivity index (χ1v) is 5.85. The Morgan fingerprint density at radius 1 is 1.28 bits per heavy atom. The third-order valence-electron chi connectivity index (χ3n) is 1.84. The molecule has 0 spiro atoms. The summed E-state index contributed by atoms with van der Waals surface area (Å²) in [4.78, 5) is 36.1. The van der Waals surface area contributed by atoms with Gasteiger partial charge in [-0.2, -0.15) is 0 Å². The fourth-order valence-corrected chi connectivity index (χ4v) is 1.12. The van der Waals surface area contributed by atoms with Gasteiger partial charge in [0.1, 0.15) is 0 Å². The standard InChI is InChI=1S/C6H7NO4.C5H13NO/c1-4(8)11-7-5(9)2-3-6(7)10;1-2-4-7-5-3-6/h2-3H2,1H3;2-6H2,1H3. The first kappa shape index (κ1) is 16.5. The van der Waals surface area contributed by atoms with Crippen molar-refractivity contribution in [3.8, 4) is 0 Å². The molecule has 2 amide bonds. The predicted octanol–water partition coefficient (Wildman–Crippen LogP) is -0.0148. The Morgan fingerprint density at radius 3 is 2.22 bits per heavy atom. The van der Waals surface area contributed by atoms with Crippen molar-refractivity contribution in [2.75, 3.05) is 19.8 Å². The van der Waals surface area contributed by atoms with Crippen LogP contribution >= 0.6 is 0 Å². The van der Waals surface area contributed by atoms with Crippen molar-refractivity contribution < 1.29 is 24.0 Å². The molecule has 0 bridgehead atoms. The largest absolute Gasteiger partial charge is 0.380 e. The van der Waals surface area contributed by atoms with Gasteiger partial charge < -0.3 is 15.3 Å². The minimum absolute atomic E-state index is 0.131. The molecule has 1 heterocycles. The lowest BCUT2D eigenvalue weighted by Crippen LogP contribution is -2.30. The first-order chi connectivity index (χ1) is 8.52. The molecule has 7 nitrogen and oxygen atoms in total. The van der Waals surface area contributed by atoms with Crippen molar-refractivity contribution in [3.05, 3.63) is 0 Å². The maximum Gasteiger partial charge on any atom is 0.330 e. The Hall–Kier alpha value is -1.47. The Kier molecular flexibility index (Phi) is 8.77. The minimum Gasteiger partial charge on any atom is -0.380 e. The third-order valence-corrected chi connectivity index (χ3v) is 1.84. The second kappa shape index (κ2) is 9.55. The zero-order valence-corrected chi connectivity index (χ0v) is 10.8. The Labute approximate surface area is 106 Å². The summed E-state index contributed by atoms with van der Waals surface area (Å²) < 4.78 is 5.01. The summed E-state index contributed by atoms with van der Waals surface area (Å²) in [5, 5.41) is 0.516. The van der Waals surface area contributed by atoms with E-state index in [9.17, 15) is 14.4 Å². The maximum absolute atomic E-state index is 10.7. The van der Waals surface area contributed by atoms with Crippen LogP contribution in [0.3, 0.4) is 0 Å². The summed E-state index contributed by atoms with van der Waals surface area (Å²) >= 11 is 0. The van der Waals surface area contributed by atoms with Gasteiger partial charge in [0.25, 0.3) is 11.8 Å². The monoisotopic (exact) mass is 260 g/mol. The number of carbonyl (C=O) groups is 3. The number of imide groups is 1. The summed E-state index contributed by atoms with van der Waals surface area (Å²) in [6.45, 7) is 5.40. The number of amides is 2. The van der Waals surface area contributed by atoms with Crippen LogP contribution in [-0.2, 0) is 24.0 Å². The summed E-state index contributed by atoms with van der Waals surface area (Å²) in [5.41, 5.74) is 5.14. The van der Waals surface area contributed by atoms with Crippen molar-refractivity contribution in [1.29, 1.82) is 0 Å². The molecule has 0 unspecified atom stereocenters. The van der Waals surface area contributed by atoms with E-state index >= 15 is 0 Å². The van der Waals surface area contributed by atoms with E-state index in [1.54, 1.807) is 0 Å². The van der Waals surface area contributed by atoms with E-state index in [4.69, 9.17) is 10.5 Å². The number of carbonyl (C=O) groups excluding carboxylic acids is 3. The molecule has 0 radical (unpaired) electrons. The second-order valence-corrected chi connectivity index (χ2v) is 3.57. The van der Waals surface area contributed by atoms with Gasteiger partial charge in [-0.05, 0) is 6.42 Å². The number of hydroxylamine groups is 2. The molecular weight excluding hydrogens is 240 g/mol. The molecule has 0 aromatic heterocycles. The molecule has 1 rings (SSSR count). The molecule has 1 aliphatic heterocycles. The van der Waals surface area contributed by atoms with Crippen molar-refractivity contribution in [3.63, 3.8) is 0 Å². The molecule has 2 N–H and O–H groups in total. The van der Waals surface area contributed by atoms with E-state index in [2.05, 4.69) is 11.8 Å². The number of hydrogen-bond donors (Lipinski definition) is 1. The predicted molar refractivity (Wildman–Crippen MR) is 63.0 cm³/mol. The van der Waals surface area contributed by atoms with Crippen LogP contribution in [0.15, 0.2) is 0 Å². The van der Waals surface area contributed by atoms with Gasteiger partial charge in [0.15, 0.2) is 0 Å². The second-order valence-electron chi connectivity index (χ2n) is 3.57. The molecule has 1 saturated heterocycles. The van der Waals surface area contributed by atoms with Crippen LogP contribution in [-0.4, -0.2) is 42.6 Å². The molecule has 0 atom stereocenters. The van der Waals surface area contributed by atoms with Gasteiger partial charge >= 0.3 is 5.97 Å². The quantitative estimate of drug-likeness (QED) is 0.551. The highest BCUT2D eigenvalue weighted by Gasteiger charge is 2.31. The summed E-state index contributed by atoms with van der Waals surface area (Å²) in [6.07, 6.45) is 1.35. The van der Waals surface area contributed by atoms with Crippen LogP contribution in [0.4, 0.5) is 0 Å². The molecule has 1 fully saturated rings. The number of rotatable bonds is 5. The average Bonchev–Trinajstić information content (AvgIpc) is 2.62. The smallest absolute Gasteiger partial charge is 0.330 e. The minimum atomic E-state index is -0.659. The molecule has 104 valence electrons. The highest BCUT2D eigenvalue weighted by Crippen LogP contribution is 2.11. The number of nitrogens with two attached hydrogens (primary N) is 1. The lowest BCUT2D eigenvalue weighted by Gasteiger charge is -2.09. The van der Waals surface area contributed by atoms with Crippen LogP contribution in [0.1, 0.15) is 33.1 Å². The van der Waals surface area contributed by atoms with Crippen LogP contribution in [0, 0.1) is 0 Å². The molecule has 0 aromatic carbocycles. The zero-order valence-electron chi connectivity index (χ0n) is 10.8. The van der Waals surface area contributed by atoms with Gasteiger partial charge in [-0.1, -0.05) is 6.92 Å². The fraction of sp³-hybridized carbons (Fsp3) is 0.727. The molecule has 0 aromatic rings. The van der Waals surface area contributed by atoms with Gasteiger partial charge in [-0.15, -0.1) is 5.06 Å². The first-order valence-electron chi connectivity index (χ1n) is 5.85. The van der Waals surface area contributed by atoms with Gasteiger partial charge in [-0.25, -0.2) is 4.79 Å². The Morgan fingerprint density at radius 2 is 1.83 bits per heavy atom. The lowest BCUT2D eigenvalue weighted by atomic mass is 10.4. The van der Waals surface area contributed by atoms with Gasteiger partial charge in [0.05, 0.1) is 6.61 Å². The molecule has 1 aliphatic rings. The van der Waals surface area contributed by atoms with E-state index in [0.29, 0.717) is 18.2 Å². The van der Waals surface area contributed by atoms with Crippen LogP contribution in [0.5, 0.6) is 0 Å².